The highest BCUT2D eigenvalue weighted by Crippen LogP contribution is 2.42. The van der Waals surface area contributed by atoms with E-state index < -0.39 is 78.6 Å². The molecule has 46 heavy (non-hydrogen) atoms. The van der Waals surface area contributed by atoms with E-state index in [0.717, 1.165) is 18.2 Å². The zero-order valence-corrected chi connectivity index (χ0v) is 24.5. The quantitative estimate of drug-likeness (QED) is 0.0835. The van der Waals surface area contributed by atoms with Gasteiger partial charge in [0, 0.05) is 47.3 Å². The van der Waals surface area contributed by atoms with E-state index in [2.05, 4.69) is 0 Å². The molecule has 2 aromatic carbocycles. The maximum Gasteiger partial charge on any atom is 0.336 e. The smallest absolute Gasteiger partial charge is 0.336 e. The van der Waals surface area contributed by atoms with Crippen molar-refractivity contribution in [2.24, 2.45) is 0 Å². The highest BCUT2D eigenvalue weighted by molar-refractivity contribution is 7.87. The average molecular weight is 679 g/mol. The van der Waals surface area contributed by atoms with Crippen LogP contribution in [-0.2, 0) is 29.8 Å². The molecular weight excluding hydrogens is 656 g/mol. The number of carbonyl (C=O) groups is 4. The Hall–Kier alpha value is -5.37. The lowest BCUT2D eigenvalue weighted by molar-refractivity contribution is -0.136. The second-order valence-corrected chi connectivity index (χ2v) is 12.9. The summed E-state index contributed by atoms with van der Waals surface area (Å²) in [5.41, 5.74) is -0.444. The Morgan fingerprint density at radius 1 is 0.783 bits per heavy atom. The average Bonchev–Trinajstić information content (AvgIpc) is 2.93. The van der Waals surface area contributed by atoms with Crippen molar-refractivity contribution < 1.29 is 64.9 Å². The Balaban J connectivity index is 1.67. The number of phenolic OH excluding ortho intramolecular Hbond substituents is 1. The molecule has 0 bridgehead atoms. The fourth-order valence-corrected chi connectivity index (χ4v) is 5.67. The second kappa shape index (κ2) is 12.6. The topological polar surface area (TPSA) is 292 Å². The van der Waals surface area contributed by atoms with Crippen molar-refractivity contribution in [3.8, 4) is 28.2 Å². The number of carbonyl (C=O) groups excluding carboxylic acids is 2. The van der Waals surface area contributed by atoms with Gasteiger partial charge >= 0.3 is 11.9 Å². The van der Waals surface area contributed by atoms with Crippen LogP contribution in [0.2, 0.25) is 0 Å². The molecule has 0 saturated heterocycles. The van der Waals surface area contributed by atoms with Gasteiger partial charge in [-0.1, -0.05) is 6.07 Å². The van der Waals surface area contributed by atoms with E-state index in [4.69, 9.17) is 14.1 Å². The number of aliphatic carboxylic acids is 1. The van der Waals surface area contributed by atoms with Gasteiger partial charge in [0.2, 0.25) is 11.2 Å². The standard InChI is InChI=1S/C27H22N2O15S2/c30-13-2-5-16-19(8-13)44-20-9-14(31)3-6-17(20)23(16)15-4-1-12(7-18(15)26(34)35)24(32)28-10-21(45(38,39)40)25(33)29-11-22(27(36)37)46(41,42)43/h1-9,21-22,30H,10-11H2,(H,28,32)(H,29,33)(H,34,35)(H,36,37)(H,38,39,40)(H,41,42,43). The Morgan fingerprint density at radius 2 is 1.41 bits per heavy atom. The fourth-order valence-electron chi connectivity index (χ4n) is 4.48. The zero-order valence-electron chi connectivity index (χ0n) is 22.9. The number of aromatic carboxylic acids is 1. The fraction of sp³-hybridized carbons (Fsp3) is 0.148. The third-order valence-corrected chi connectivity index (χ3v) is 8.84. The maximum absolute atomic E-state index is 12.9. The highest BCUT2D eigenvalue weighted by atomic mass is 32.2. The summed E-state index contributed by atoms with van der Waals surface area (Å²) in [6.07, 6.45) is 0. The number of amides is 2. The molecule has 1 aliphatic heterocycles. The first-order chi connectivity index (χ1) is 21.4. The largest absolute Gasteiger partial charge is 0.508 e. The van der Waals surface area contributed by atoms with E-state index in [9.17, 15) is 55.6 Å². The summed E-state index contributed by atoms with van der Waals surface area (Å²) < 4.78 is 70.3. The number of hydrogen-bond donors (Lipinski definition) is 7. The molecule has 1 heterocycles. The SMILES string of the molecule is O=C(NCC(C(=O)NCC(C(=O)O)S(=O)(=O)O)S(=O)(=O)O)c1ccc(-c2c3ccc(=O)cc-3oc3cc(O)ccc23)c(C(=O)O)c1. The summed E-state index contributed by atoms with van der Waals surface area (Å²) in [5, 5.41) is 27.9. The summed E-state index contributed by atoms with van der Waals surface area (Å²) >= 11 is 0. The monoisotopic (exact) mass is 678 g/mol. The van der Waals surface area contributed by atoms with E-state index in [0.29, 0.717) is 10.9 Å². The van der Waals surface area contributed by atoms with Crippen molar-refractivity contribution in [1.29, 1.82) is 0 Å². The van der Waals surface area contributed by atoms with Crippen molar-refractivity contribution in [2.75, 3.05) is 13.1 Å². The molecule has 0 spiro atoms. The third kappa shape index (κ3) is 7.12. The summed E-state index contributed by atoms with van der Waals surface area (Å²) in [5.74, 6) is -6.43. The van der Waals surface area contributed by atoms with E-state index in [1.54, 1.807) is 5.32 Å². The second-order valence-electron chi connectivity index (χ2n) is 9.68. The van der Waals surface area contributed by atoms with Gasteiger partial charge in [0.25, 0.3) is 26.1 Å². The van der Waals surface area contributed by atoms with Crippen LogP contribution in [0.15, 0.2) is 63.8 Å². The number of carboxylic acid groups (broad SMARTS) is 2. The molecule has 2 aromatic rings. The highest BCUT2D eigenvalue weighted by Gasteiger charge is 2.36. The summed E-state index contributed by atoms with van der Waals surface area (Å²) in [6.45, 7) is -2.42. The summed E-state index contributed by atoms with van der Waals surface area (Å²) in [4.78, 5) is 60.8. The molecule has 2 amide bonds. The van der Waals surface area contributed by atoms with Crippen molar-refractivity contribution in [3.05, 3.63) is 75.9 Å². The predicted octanol–water partition coefficient (Wildman–Crippen LogP) is 0.412. The number of rotatable bonds is 11. The molecule has 0 aromatic heterocycles. The van der Waals surface area contributed by atoms with Gasteiger partial charge in [-0.25, -0.2) is 4.79 Å². The molecule has 4 rings (SSSR count). The first-order valence-electron chi connectivity index (χ1n) is 12.7. The van der Waals surface area contributed by atoms with Crippen molar-refractivity contribution >= 4 is 55.0 Å². The van der Waals surface area contributed by atoms with Gasteiger partial charge in [0.15, 0.2) is 10.7 Å². The number of nitrogens with one attached hydrogen (secondary N) is 2. The summed E-state index contributed by atoms with van der Waals surface area (Å²) in [7, 11) is -10.5. The van der Waals surface area contributed by atoms with Crippen LogP contribution in [-0.4, -0.2) is 88.6 Å². The van der Waals surface area contributed by atoms with Crippen LogP contribution in [0.5, 0.6) is 5.75 Å². The van der Waals surface area contributed by atoms with Crippen LogP contribution in [0.4, 0.5) is 0 Å². The number of phenols is 1. The Kier molecular flexibility index (Phi) is 9.15. The molecule has 0 radical (unpaired) electrons. The molecule has 17 nitrogen and oxygen atoms in total. The lowest BCUT2D eigenvalue weighted by Crippen LogP contribution is -2.50. The van der Waals surface area contributed by atoms with E-state index in [1.165, 1.54) is 36.4 Å². The Labute approximate surface area is 257 Å². The van der Waals surface area contributed by atoms with Gasteiger partial charge in [0.05, 0.1) is 5.56 Å². The molecule has 0 fully saturated rings. The molecule has 2 aliphatic rings. The minimum absolute atomic E-state index is 0.0567. The lowest BCUT2D eigenvalue weighted by atomic mass is 9.90. The first kappa shape index (κ1) is 33.5. The lowest BCUT2D eigenvalue weighted by Gasteiger charge is -2.18. The van der Waals surface area contributed by atoms with Crippen LogP contribution >= 0.6 is 0 Å². The van der Waals surface area contributed by atoms with Gasteiger partial charge in [0.1, 0.15) is 17.1 Å². The van der Waals surface area contributed by atoms with Gasteiger partial charge in [-0.2, -0.15) is 16.8 Å². The van der Waals surface area contributed by atoms with Crippen molar-refractivity contribution in [1.82, 2.24) is 10.6 Å². The van der Waals surface area contributed by atoms with Gasteiger partial charge in [-0.05, 0) is 42.0 Å². The van der Waals surface area contributed by atoms with Crippen LogP contribution < -0.4 is 16.1 Å². The Bertz CT molecular complexity index is 2160. The zero-order chi connectivity index (χ0) is 34.1. The first-order valence-corrected chi connectivity index (χ1v) is 15.7. The number of aromatic hydroxyl groups is 1. The molecular formula is C27H22N2O15S2. The van der Waals surface area contributed by atoms with Crippen molar-refractivity contribution in [3.63, 3.8) is 0 Å². The summed E-state index contributed by atoms with van der Waals surface area (Å²) in [6, 6.07) is 11.2. The molecule has 1 aliphatic carbocycles. The van der Waals surface area contributed by atoms with Crippen LogP contribution in [0.1, 0.15) is 20.7 Å². The van der Waals surface area contributed by atoms with Crippen LogP contribution in [0.3, 0.4) is 0 Å². The van der Waals surface area contributed by atoms with Gasteiger partial charge in [-0.3, -0.25) is 28.3 Å². The normalized spacial score (nSPS) is 13.2. The Morgan fingerprint density at radius 3 is 2.02 bits per heavy atom. The number of benzene rings is 3. The van der Waals surface area contributed by atoms with E-state index in [-0.39, 0.29) is 33.8 Å². The molecule has 19 heteroatoms. The van der Waals surface area contributed by atoms with E-state index in [1.807, 2.05) is 5.32 Å². The van der Waals surface area contributed by atoms with Crippen molar-refractivity contribution in [2.45, 2.75) is 10.5 Å². The number of fused-ring (bicyclic) bond motifs is 2. The maximum atomic E-state index is 12.9. The minimum atomic E-state index is -5.29. The molecule has 0 saturated carbocycles. The minimum Gasteiger partial charge on any atom is -0.508 e. The van der Waals surface area contributed by atoms with Gasteiger partial charge in [-0.15, -0.1) is 0 Å². The predicted molar refractivity (Wildman–Crippen MR) is 157 cm³/mol. The van der Waals surface area contributed by atoms with Gasteiger partial charge < -0.3 is 30.4 Å². The number of hydrogen-bond acceptors (Lipinski definition) is 11. The van der Waals surface area contributed by atoms with Crippen LogP contribution in [0, 0.1) is 0 Å². The number of carboxylic acids is 2. The third-order valence-electron chi connectivity index (χ3n) is 6.66. The van der Waals surface area contributed by atoms with E-state index >= 15 is 0 Å². The molecule has 242 valence electrons. The molecule has 2 atom stereocenters. The molecule has 2 unspecified atom stereocenters. The van der Waals surface area contributed by atoms with Crippen LogP contribution in [0.25, 0.3) is 33.4 Å². The molecule has 7 N–H and O–H groups in total.